The molecule has 26 heavy (non-hydrogen) atoms. The van der Waals surface area contributed by atoms with Crippen molar-refractivity contribution in [2.45, 2.75) is 20.4 Å². The van der Waals surface area contributed by atoms with Crippen LogP contribution in [0.2, 0.25) is 0 Å². The van der Waals surface area contributed by atoms with Gasteiger partial charge in [0.05, 0.1) is 5.69 Å². The summed E-state index contributed by atoms with van der Waals surface area (Å²) in [6, 6.07) is 14.7. The van der Waals surface area contributed by atoms with Crippen LogP contribution in [-0.4, -0.2) is 9.55 Å². The molecule has 0 saturated carbocycles. The molecule has 0 aliphatic rings. The van der Waals surface area contributed by atoms with Crippen molar-refractivity contribution in [3.63, 3.8) is 0 Å². The molecule has 3 aromatic rings. The number of hydrogen-bond donors (Lipinski definition) is 1. The Bertz CT molecular complexity index is 952. The maximum Gasteiger partial charge on any atom is 0.156 e. The minimum Gasteiger partial charge on any atom is -0.345 e. The van der Waals surface area contributed by atoms with Crippen LogP contribution >= 0.6 is 0 Å². The molecule has 0 saturated heterocycles. The quantitative estimate of drug-likeness (QED) is 0.626. The third-order valence-corrected chi connectivity index (χ3v) is 4.25. The topological polar surface area (TPSA) is 29.9 Å². The lowest BCUT2D eigenvalue weighted by Crippen LogP contribution is -2.06. The Labute approximate surface area is 153 Å². The van der Waals surface area contributed by atoms with E-state index < -0.39 is 0 Å². The van der Waals surface area contributed by atoms with Crippen LogP contribution in [0.25, 0.3) is 17.0 Å². The highest BCUT2D eigenvalue weighted by Crippen LogP contribution is 2.32. The Kier molecular flexibility index (Phi) is 5.03. The van der Waals surface area contributed by atoms with Gasteiger partial charge >= 0.3 is 0 Å². The molecule has 0 unspecified atom stereocenters. The van der Waals surface area contributed by atoms with Gasteiger partial charge in [0.2, 0.25) is 0 Å². The van der Waals surface area contributed by atoms with Crippen molar-refractivity contribution in [1.82, 2.24) is 9.55 Å². The van der Waals surface area contributed by atoms with E-state index in [0.717, 1.165) is 33.8 Å². The van der Waals surface area contributed by atoms with E-state index in [9.17, 15) is 4.39 Å². The number of imidazole rings is 1. The largest absolute Gasteiger partial charge is 0.345 e. The third-order valence-electron chi connectivity index (χ3n) is 4.25. The average molecular weight is 347 g/mol. The zero-order valence-electron chi connectivity index (χ0n) is 15.1. The zero-order valence-corrected chi connectivity index (χ0v) is 15.1. The van der Waals surface area contributed by atoms with E-state index in [2.05, 4.69) is 42.1 Å². The van der Waals surface area contributed by atoms with Gasteiger partial charge in [-0.3, -0.25) is 0 Å². The maximum atomic E-state index is 13.3. The van der Waals surface area contributed by atoms with Gasteiger partial charge in [0, 0.05) is 12.1 Å². The van der Waals surface area contributed by atoms with Crippen molar-refractivity contribution in [1.29, 1.82) is 0 Å². The van der Waals surface area contributed by atoms with E-state index in [-0.39, 0.29) is 5.82 Å². The van der Waals surface area contributed by atoms with Crippen LogP contribution in [0, 0.1) is 12.7 Å². The van der Waals surface area contributed by atoms with E-state index in [1.54, 1.807) is 18.3 Å². The Balaban J connectivity index is 2.20. The molecule has 3 nitrogen and oxygen atoms in total. The van der Waals surface area contributed by atoms with Gasteiger partial charge in [-0.05, 0) is 48.9 Å². The predicted molar refractivity (Wildman–Crippen MR) is 106 cm³/mol. The fraction of sp³-hybridized carbons (Fsp3) is 0.136. The van der Waals surface area contributed by atoms with E-state index in [1.807, 2.05) is 19.1 Å². The molecule has 0 radical (unpaired) electrons. The second kappa shape index (κ2) is 7.40. The minimum atomic E-state index is -0.243. The van der Waals surface area contributed by atoms with Crippen molar-refractivity contribution in [3.8, 4) is 11.4 Å². The summed E-state index contributed by atoms with van der Waals surface area (Å²) >= 11 is 0. The summed E-state index contributed by atoms with van der Waals surface area (Å²) in [7, 11) is 0. The van der Waals surface area contributed by atoms with Crippen molar-refractivity contribution in [2.24, 2.45) is 0 Å². The van der Waals surface area contributed by atoms with Gasteiger partial charge in [-0.25, -0.2) is 9.37 Å². The monoisotopic (exact) mass is 347 g/mol. The Morgan fingerprint density at radius 3 is 2.50 bits per heavy atom. The summed E-state index contributed by atoms with van der Waals surface area (Å²) < 4.78 is 15.4. The first kappa shape index (κ1) is 17.7. The van der Waals surface area contributed by atoms with Crippen molar-refractivity contribution >= 4 is 11.4 Å². The number of hydrogen-bond acceptors (Lipinski definition) is 2. The van der Waals surface area contributed by atoms with Crippen LogP contribution in [0.4, 0.5) is 10.2 Å². The highest BCUT2D eigenvalue weighted by Gasteiger charge is 2.19. The van der Waals surface area contributed by atoms with Gasteiger partial charge in [-0.2, -0.15) is 0 Å². The van der Waals surface area contributed by atoms with Gasteiger partial charge in [-0.15, -0.1) is 0 Å². The van der Waals surface area contributed by atoms with Crippen LogP contribution in [-0.2, 0) is 6.54 Å². The Morgan fingerprint density at radius 2 is 1.88 bits per heavy atom. The lowest BCUT2D eigenvalue weighted by atomic mass is 10.1. The van der Waals surface area contributed by atoms with Crippen molar-refractivity contribution in [2.75, 3.05) is 5.32 Å². The highest BCUT2D eigenvalue weighted by molar-refractivity contribution is 5.75. The van der Waals surface area contributed by atoms with Crippen LogP contribution in [0.15, 0.2) is 67.9 Å². The molecule has 1 N–H and O–H groups in total. The molecule has 132 valence electrons. The molecule has 0 spiro atoms. The Hall–Kier alpha value is -3.14. The lowest BCUT2D eigenvalue weighted by Gasteiger charge is -2.14. The van der Waals surface area contributed by atoms with E-state index in [4.69, 9.17) is 4.98 Å². The molecular formula is C22H22FN3. The van der Waals surface area contributed by atoms with Crippen LogP contribution in [0.1, 0.15) is 23.7 Å². The second-order valence-electron chi connectivity index (χ2n) is 6.29. The third kappa shape index (κ3) is 3.45. The van der Waals surface area contributed by atoms with E-state index in [1.165, 1.54) is 12.1 Å². The number of nitrogens with one attached hydrogen (secondary N) is 1. The predicted octanol–water partition coefficient (Wildman–Crippen LogP) is 5.63. The molecule has 0 aliphatic heterocycles. The summed E-state index contributed by atoms with van der Waals surface area (Å²) in [6.45, 7) is 12.4. The molecule has 0 atom stereocenters. The normalized spacial score (nSPS) is 10.6. The van der Waals surface area contributed by atoms with Gasteiger partial charge in [0.25, 0.3) is 0 Å². The Morgan fingerprint density at radius 1 is 1.19 bits per heavy atom. The number of rotatable bonds is 6. The SMILES string of the molecule is C=CNc1nc(-c2ccccc2C)n(Cc2ccc(F)cc2)c1C(=C)C. The van der Waals surface area contributed by atoms with Crippen LogP contribution in [0.3, 0.4) is 0 Å². The molecule has 0 fully saturated rings. The number of aryl methyl sites for hydroxylation is 1. The fourth-order valence-electron chi connectivity index (χ4n) is 3.04. The molecule has 1 heterocycles. The summed E-state index contributed by atoms with van der Waals surface area (Å²) in [5.74, 6) is 1.32. The summed E-state index contributed by atoms with van der Waals surface area (Å²) in [6.07, 6.45) is 1.61. The molecule has 0 bridgehead atoms. The molecule has 3 rings (SSSR count). The first-order chi connectivity index (χ1) is 12.5. The van der Waals surface area contributed by atoms with E-state index >= 15 is 0 Å². The fourth-order valence-corrected chi connectivity index (χ4v) is 3.04. The second-order valence-corrected chi connectivity index (χ2v) is 6.29. The first-order valence-corrected chi connectivity index (χ1v) is 8.45. The summed E-state index contributed by atoms with van der Waals surface area (Å²) in [5.41, 5.74) is 4.98. The maximum absolute atomic E-state index is 13.3. The number of allylic oxidation sites excluding steroid dienone is 1. The number of anilines is 1. The molecule has 1 aromatic heterocycles. The number of benzene rings is 2. The van der Waals surface area contributed by atoms with Crippen molar-refractivity contribution < 1.29 is 4.39 Å². The van der Waals surface area contributed by atoms with Gasteiger partial charge in [0.15, 0.2) is 5.82 Å². The van der Waals surface area contributed by atoms with Crippen molar-refractivity contribution in [3.05, 3.63) is 90.5 Å². The van der Waals surface area contributed by atoms with Crippen LogP contribution in [0.5, 0.6) is 0 Å². The molecule has 0 amide bonds. The number of halogens is 1. The van der Waals surface area contributed by atoms with E-state index in [0.29, 0.717) is 12.4 Å². The lowest BCUT2D eigenvalue weighted by molar-refractivity contribution is 0.626. The molecule has 2 aromatic carbocycles. The smallest absolute Gasteiger partial charge is 0.156 e. The highest BCUT2D eigenvalue weighted by atomic mass is 19.1. The molecular weight excluding hydrogens is 325 g/mol. The zero-order chi connectivity index (χ0) is 18.7. The minimum absolute atomic E-state index is 0.243. The average Bonchev–Trinajstić information content (AvgIpc) is 2.96. The molecule has 0 aliphatic carbocycles. The first-order valence-electron chi connectivity index (χ1n) is 8.45. The standard InChI is InChI=1S/C22H22FN3/c1-5-24-21-20(15(2)3)26(14-17-10-12-18(23)13-11-17)22(25-21)19-9-7-6-8-16(19)4/h5-13,24H,1-2,14H2,3-4H3. The van der Waals surface area contributed by atoms with Gasteiger partial charge in [-0.1, -0.05) is 49.6 Å². The van der Waals surface area contributed by atoms with Crippen LogP contribution < -0.4 is 5.32 Å². The number of aromatic nitrogens is 2. The summed E-state index contributed by atoms with van der Waals surface area (Å²) in [4.78, 5) is 4.81. The van der Waals surface area contributed by atoms with Gasteiger partial charge in [0.1, 0.15) is 11.6 Å². The van der Waals surface area contributed by atoms with Gasteiger partial charge < -0.3 is 9.88 Å². The molecule has 4 heteroatoms. The number of nitrogens with zero attached hydrogens (tertiary/aromatic N) is 2. The summed E-state index contributed by atoms with van der Waals surface area (Å²) in [5, 5.41) is 3.11.